The molecule has 0 saturated carbocycles. The summed E-state index contributed by atoms with van der Waals surface area (Å²) in [6, 6.07) is 0. The van der Waals surface area contributed by atoms with E-state index in [1.165, 1.54) is 12.8 Å². The molecule has 15 heavy (non-hydrogen) atoms. The molecule has 2 unspecified atom stereocenters. The monoisotopic (exact) mass is 212 g/mol. The molecular weight excluding hydrogens is 192 g/mol. The molecule has 2 aliphatic heterocycles. The Bertz CT molecular complexity index is 251. The zero-order chi connectivity index (χ0) is 10.9. The van der Waals surface area contributed by atoms with Gasteiger partial charge in [0.1, 0.15) is 6.61 Å². The highest BCUT2D eigenvalue weighted by molar-refractivity contribution is 5.78. The number of amides is 1. The number of nitrogens with one attached hydrogen (secondary N) is 1. The number of rotatable bonds is 1. The van der Waals surface area contributed by atoms with Gasteiger partial charge in [-0.1, -0.05) is 0 Å². The lowest BCUT2D eigenvalue weighted by Gasteiger charge is -2.45. The van der Waals surface area contributed by atoms with Crippen LogP contribution >= 0.6 is 0 Å². The molecule has 0 bridgehead atoms. The third-order valence-corrected chi connectivity index (χ3v) is 3.66. The minimum atomic E-state index is -0.157. The first-order chi connectivity index (χ1) is 7.12. The summed E-state index contributed by atoms with van der Waals surface area (Å²) in [5.74, 6) is 0.623. The van der Waals surface area contributed by atoms with Gasteiger partial charge in [0.2, 0.25) is 5.91 Å². The fraction of sp³-hybridized carbons (Fsp3) is 0.909. The van der Waals surface area contributed by atoms with Crippen LogP contribution in [0.4, 0.5) is 0 Å². The molecule has 2 saturated heterocycles. The number of piperidine rings is 1. The molecule has 1 N–H and O–H groups in total. The van der Waals surface area contributed by atoms with Crippen molar-refractivity contribution in [2.45, 2.75) is 25.4 Å². The van der Waals surface area contributed by atoms with Gasteiger partial charge in [0.15, 0.2) is 0 Å². The molecular formula is C11H20N2O2. The summed E-state index contributed by atoms with van der Waals surface area (Å²) in [5, 5.41) is 3.40. The van der Waals surface area contributed by atoms with Crippen LogP contribution in [0.15, 0.2) is 0 Å². The minimum absolute atomic E-state index is 0.0937. The second-order valence-corrected chi connectivity index (χ2v) is 4.89. The third kappa shape index (κ3) is 2.16. The minimum Gasteiger partial charge on any atom is -0.363 e. The smallest absolute Gasteiger partial charge is 0.248 e. The molecule has 4 heteroatoms. The summed E-state index contributed by atoms with van der Waals surface area (Å²) in [5.41, 5.74) is -0.157. The average molecular weight is 212 g/mol. The van der Waals surface area contributed by atoms with E-state index in [-0.39, 0.29) is 18.1 Å². The Morgan fingerprint density at radius 3 is 3.00 bits per heavy atom. The highest BCUT2D eigenvalue weighted by Gasteiger charge is 2.41. The van der Waals surface area contributed by atoms with Crippen LogP contribution in [0.25, 0.3) is 0 Å². The molecule has 2 aliphatic rings. The quantitative estimate of drug-likeness (QED) is 0.676. The summed E-state index contributed by atoms with van der Waals surface area (Å²) < 4.78 is 5.76. The lowest BCUT2D eigenvalue weighted by molar-refractivity contribution is -0.168. The Balaban J connectivity index is 2.02. The standard InChI is InChI=1S/C11H20N2O2/c1-11(9-4-3-5-12-6-9)8-13(2)10(14)7-15-11/h9,12H,3-8H2,1-2H3. The summed E-state index contributed by atoms with van der Waals surface area (Å²) in [6.45, 7) is 5.22. The van der Waals surface area contributed by atoms with Gasteiger partial charge in [-0.15, -0.1) is 0 Å². The molecule has 86 valence electrons. The Hall–Kier alpha value is -0.610. The number of carbonyl (C=O) groups is 1. The van der Waals surface area contributed by atoms with Crippen molar-refractivity contribution in [3.63, 3.8) is 0 Å². The van der Waals surface area contributed by atoms with Crippen molar-refractivity contribution in [1.82, 2.24) is 10.2 Å². The molecule has 0 aromatic carbocycles. The van der Waals surface area contributed by atoms with Crippen molar-refractivity contribution in [3.05, 3.63) is 0 Å². The van der Waals surface area contributed by atoms with Crippen LogP contribution in [0.3, 0.4) is 0 Å². The van der Waals surface area contributed by atoms with Crippen LogP contribution in [-0.2, 0) is 9.53 Å². The molecule has 0 aromatic heterocycles. The second kappa shape index (κ2) is 4.10. The van der Waals surface area contributed by atoms with Crippen molar-refractivity contribution in [2.75, 3.05) is 33.3 Å². The highest BCUT2D eigenvalue weighted by Crippen LogP contribution is 2.30. The molecule has 0 spiro atoms. The summed E-state index contributed by atoms with van der Waals surface area (Å²) >= 11 is 0. The molecule has 2 fully saturated rings. The number of morpholine rings is 1. The number of likely N-dealkylation sites (N-methyl/N-ethyl adjacent to an activating group) is 1. The Morgan fingerprint density at radius 1 is 1.60 bits per heavy atom. The Kier molecular flexibility index (Phi) is 2.98. The van der Waals surface area contributed by atoms with Crippen LogP contribution in [0.1, 0.15) is 19.8 Å². The fourth-order valence-electron chi connectivity index (χ4n) is 2.56. The van der Waals surface area contributed by atoms with E-state index < -0.39 is 0 Å². The molecule has 2 heterocycles. The first kappa shape index (κ1) is 10.9. The first-order valence-corrected chi connectivity index (χ1v) is 5.70. The molecule has 4 nitrogen and oxygen atoms in total. The van der Waals surface area contributed by atoms with Crippen molar-refractivity contribution >= 4 is 5.91 Å². The summed E-state index contributed by atoms with van der Waals surface area (Å²) in [6.07, 6.45) is 2.41. The molecule has 0 aromatic rings. The molecule has 0 aliphatic carbocycles. The second-order valence-electron chi connectivity index (χ2n) is 4.89. The SMILES string of the molecule is CN1CC(C)(C2CCCNC2)OCC1=O. The van der Waals surface area contributed by atoms with Gasteiger partial charge < -0.3 is 15.0 Å². The largest absolute Gasteiger partial charge is 0.363 e. The predicted molar refractivity (Wildman–Crippen MR) is 57.6 cm³/mol. The van der Waals surface area contributed by atoms with E-state index in [1.54, 1.807) is 4.90 Å². The van der Waals surface area contributed by atoms with Crippen molar-refractivity contribution < 1.29 is 9.53 Å². The topological polar surface area (TPSA) is 41.6 Å². The number of carbonyl (C=O) groups excluding carboxylic acids is 1. The van der Waals surface area contributed by atoms with Crippen LogP contribution in [-0.4, -0.2) is 49.7 Å². The van der Waals surface area contributed by atoms with E-state index in [1.807, 2.05) is 7.05 Å². The molecule has 2 rings (SSSR count). The number of hydrogen-bond acceptors (Lipinski definition) is 3. The van der Waals surface area contributed by atoms with E-state index in [0.717, 1.165) is 19.6 Å². The zero-order valence-electron chi connectivity index (χ0n) is 9.58. The fourth-order valence-corrected chi connectivity index (χ4v) is 2.56. The Morgan fingerprint density at radius 2 is 2.40 bits per heavy atom. The number of ether oxygens (including phenoxy) is 1. The molecule has 1 amide bonds. The van der Waals surface area contributed by atoms with Gasteiger partial charge in [0, 0.05) is 26.1 Å². The van der Waals surface area contributed by atoms with Crippen molar-refractivity contribution in [3.8, 4) is 0 Å². The van der Waals surface area contributed by atoms with Gasteiger partial charge >= 0.3 is 0 Å². The third-order valence-electron chi connectivity index (χ3n) is 3.66. The van der Waals surface area contributed by atoms with Crippen molar-refractivity contribution in [1.29, 1.82) is 0 Å². The predicted octanol–water partition coefficient (Wildman–Crippen LogP) is 0.233. The van der Waals surface area contributed by atoms with E-state index in [4.69, 9.17) is 4.74 Å². The molecule has 0 radical (unpaired) electrons. The first-order valence-electron chi connectivity index (χ1n) is 5.70. The lowest BCUT2D eigenvalue weighted by atomic mass is 9.82. The van der Waals surface area contributed by atoms with E-state index in [0.29, 0.717) is 5.92 Å². The highest BCUT2D eigenvalue weighted by atomic mass is 16.5. The van der Waals surface area contributed by atoms with Crippen LogP contribution < -0.4 is 5.32 Å². The lowest BCUT2D eigenvalue weighted by Crippen LogP contribution is -2.57. The van der Waals surface area contributed by atoms with Crippen molar-refractivity contribution in [2.24, 2.45) is 5.92 Å². The Labute approximate surface area is 91.0 Å². The van der Waals surface area contributed by atoms with Crippen LogP contribution in [0.5, 0.6) is 0 Å². The maximum absolute atomic E-state index is 11.3. The van der Waals surface area contributed by atoms with E-state index >= 15 is 0 Å². The van der Waals surface area contributed by atoms with Gasteiger partial charge in [-0.25, -0.2) is 0 Å². The normalized spacial score (nSPS) is 38.1. The van der Waals surface area contributed by atoms with Crippen LogP contribution in [0, 0.1) is 5.92 Å². The number of hydrogen-bond donors (Lipinski definition) is 1. The van der Waals surface area contributed by atoms with Gasteiger partial charge in [-0.2, -0.15) is 0 Å². The van der Waals surface area contributed by atoms with E-state index in [9.17, 15) is 4.79 Å². The van der Waals surface area contributed by atoms with Gasteiger partial charge in [-0.05, 0) is 26.3 Å². The number of nitrogens with zero attached hydrogens (tertiary/aromatic N) is 1. The molecule has 2 atom stereocenters. The van der Waals surface area contributed by atoms with Gasteiger partial charge in [0.05, 0.1) is 5.60 Å². The van der Waals surface area contributed by atoms with Gasteiger partial charge in [-0.3, -0.25) is 4.79 Å². The summed E-state index contributed by atoms with van der Waals surface area (Å²) in [7, 11) is 1.86. The summed E-state index contributed by atoms with van der Waals surface area (Å²) in [4.78, 5) is 13.1. The van der Waals surface area contributed by atoms with E-state index in [2.05, 4.69) is 12.2 Å². The maximum atomic E-state index is 11.3. The van der Waals surface area contributed by atoms with Gasteiger partial charge in [0.25, 0.3) is 0 Å². The average Bonchev–Trinajstić information content (AvgIpc) is 2.26. The zero-order valence-corrected chi connectivity index (χ0v) is 9.58. The maximum Gasteiger partial charge on any atom is 0.248 e. The van der Waals surface area contributed by atoms with Crippen LogP contribution in [0.2, 0.25) is 0 Å².